The second-order valence-corrected chi connectivity index (χ2v) is 6.93. The van der Waals surface area contributed by atoms with E-state index in [1.165, 1.54) is 56.1 Å². The maximum Gasteiger partial charge on any atom is 0.122 e. The summed E-state index contributed by atoms with van der Waals surface area (Å²) in [5.74, 6) is 1.97. The smallest absolute Gasteiger partial charge is 0.122 e. The Morgan fingerprint density at radius 1 is 1.14 bits per heavy atom. The Hall–Kier alpha value is -1.02. The molecular weight excluding hydrogens is 258 g/mol. The fourth-order valence-electron chi connectivity index (χ4n) is 3.89. The normalized spacial score (nSPS) is 20.6. The number of aryl methyl sites for hydroxylation is 1. The molecule has 1 atom stereocenters. The summed E-state index contributed by atoms with van der Waals surface area (Å²) in [7, 11) is 0. The van der Waals surface area contributed by atoms with E-state index in [1.807, 2.05) is 0 Å². The van der Waals surface area contributed by atoms with Crippen molar-refractivity contribution in [1.29, 1.82) is 0 Å². The first-order valence-electron chi connectivity index (χ1n) is 8.81. The molecule has 2 aliphatic rings. The van der Waals surface area contributed by atoms with Crippen LogP contribution in [0.5, 0.6) is 5.75 Å². The summed E-state index contributed by atoms with van der Waals surface area (Å²) in [6.07, 6.45) is 13.0. The van der Waals surface area contributed by atoms with Crippen molar-refractivity contribution in [2.24, 2.45) is 11.7 Å². The van der Waals surface area contributed by atoms with Crippen molar-refractivity contribution in [3.05, 3.63) is 29.3 Å². The Balaban J connectivity index is 1.45. The average Bonchev–Trinajstić information content (AvgIpc) is 2.81. The fraction of sp³-hybridized carbons (Fsp3) is 0.684. The first-order valence-corrected chi connectivity index (χ1v) is 8.81. The highest BCUT2D eigenvalue weighted by Gasteiger charge is 2.16. The number of rotatable bonds is 5. The van der Waals surface area contributed by atoms with Crippen LogP contribution in [0.15, 0.2) is 18.2 Å². The van der Waals surface area contributed by atoms with Crippen LogP contribution < -0.4 is 10.5 Å². The third kappa shape index (κ3) is 4.23. The van der Waals surface area contributed by atoms with Crippen LogP contribution in [-0.4, -0.2) is 12.6 Å². The second kappa shape index (κ2) is 7.31. The molecule has 1 unspecified atom stereocenters. The Labute approximate surface area is 129 Å². The SMILES string of the molecule is NC(CCc1ccc2c(c1)CCO2)CC1CCCCCC1. The van der Waals surface area contributed by atoms with E-state index in [0.717, 1.165) is 37.5 Å². The number of fused-ring (bicyclic) bond motifs is 1. The first kappa shape index (κ1) is 14.9. The molecule has 0 aromatic heterocycles. The molecule has 2 N–H and O–H groups in total. The lowest BCUT2D eigenvalue weighted by Gasteiger charge is -2.19. The highest BCUT2D eigenvalue weighted by Crippen LogP contribution is 2.28. The van der Waals surface area contributed by atoms with Crippen LogP contribution in [0.1, 0.15) is 62.5 Å². The number of nitrogens with two attached hydrogens (primary N) is 1. The number of hydrogen-bond donors (Lipinski definition) is 1. The summed E-state index contributed by atoms with van der Waals surface area (Å²) in [4.78, 5) is 0. The molecule has 0 amide bonds. The molecule has 0 spiro atoms. The van der Waals surface area contributed by atoms with E-state index in [1.54, 1.807) is 0 Å². The van der Waals surface area contributed by atoms with Crippen molar-refractivity contribution in [2.45, 2.75) is 70.3 Å². The molecule has 1 aromatic rings. The highest BCUT2D eigenvalue weighted by molar-refractivity contribution is 5.39. The van der Waals surface area contributed by atoms with Gasteiger partial charge in [0.25, 0.3) is 0 Å². The zero-order valence-electron chi connectivity index (χ0n) is 13.2. The first-order chi connectivity index (χ1) is 10.3. The van der Waals surface area contributed by atoms with Gasteiger partial charge in [-0.15, -0.1) is 0 Å². The monoisotopic (exact) mass is 287 g/mol. The van der Waals surface area contributed by atoms with Gasteiger partial charge in [0.05, 0.1) is 6.61 Å². The van der Waals surface area contributed by atoms with Crippen molar-refractivity contribution in [3.63, 3.8) is 0 Å². The molecule has 21 heavy (non-hydrogen) atoms. The zero-order chi connectivity index (χ0) is 14.5. The van der Waals surface area contributed by atoms with E-state index in [4.69, 9.17) is 10.5 Å². The Morgan fingerprint density at radius 2 is 1.95 bits per heavy atom. The van der Waals surface area contributed by atoms with E-state index in [-0.39, 0.29) is 0 Å². The summed E-state index contributed by atoms with van der Waals surface area (Å²) < 4.78 is 5.57. The van der Waals surface area contributed by atoms with Gasteiger partial charge in [-0.2, -0.15) is 0 Å². The lowest BCUT2D eigenvalue weighted by molar-refractivity contribution is 0.357. The Bertz CT molecular complexity index is 449. The third-order valence-corrected chi connectivity index (χ3v) is 5.17. The molecule has 1 saturated carbocycles. The van der Waals surface area contributed by atoms with Crippen LogP contribution in [0.25, 0.3) is 0 Å². The van der Waals surface area contributed by atoms with Crippen LogP contribution >= 0.6 is 0 Å². The zero-order valence-corrected chi connectivity index (χ0v) is 13.2. The number of hydrogen-bond acceptors (Lipinski definition) is 2. The lowest BCUT2D eigenvalue weighted by atomic mass is 9.90. The molecule has 0 radical (unpaired) electrons. The number of ether oxygens (including phenoxy) is 1. The number of benzene rings is 1. The maximum atomic E-state index is 6.39. The molecule has 0 bridgehead atoms. The minimum atomic E-state index is 0.373. The van der Waals surface area contributed by atoms with Crippen LogP contribution in [0.4, 0.5) is 0 Å². The van der Waals surface area contributed by atoms with E-state index >= 15 is 0 Å². The summed E-state index contributed by atoms with van der Waals surface area (Å²) in [6, 6.07) is 7.04. The van der Waals surface area contributed by atoms with Gasteiger partial charge in [-0.25, -0.2) is 0 Å². The molecule has 2 heteroatoms. The van der Waals surface area contributed by atoms with Gasteiger partial charge in [-0.3, -0.25) is 0 Å². The largest absolute Gasteiger partial charge is 0.493 e. The van der Waals surface area contributed by atoms with Gasteiger partial charge in [-0.1, -0.05) is 50.7 Å². The molecule has 0 saturated heterocycles. The molecule has 116 valence electrons. The topological polar surface area (TPSA) is 35.2 Å². The van der Waals surface area contributed by atoms with Crippen molar-refractivity contribution >= 4 is 0 Å². The molecule has 1 aromatic carbocycles. The third-order valence-electron chi connectivity index (χ3n) is 5.17. The standard InChI is InChI=1S/C19H29NO/c20-18(14-15-5-3-1-2-4-6-15)9-7-16-8-10-19-17(13-16)11-12-21-19/h8,10,13,15,18H,1-7,9,11-12,14,20H2. The molecule has 1 fully saturated rings. The van der Waals surface area contributed by atoms with Gasteiger partial charge >= 0.3 is 0 Å². The Kier molecular flexibility index (Phi) is 5.18. The summed E-state index contributed by atoms with van der Waals surface area (Å²) in [5, 5.41) is 0. The van der Waals surface area contributed by atoms with Gasteiger partial charge in [0.15, 0.2) is 0 Å². The van der Waals surface area contributed by atoms with Gasteiger partial charge in [0, 0.05) is 12.5 Å². The van der Waals surface area contributed by atoms with Crippen molar-refractivity contribution in [3.8, 4) is 5.75 Å². The molecule has 1 aliphatic carbocycles. The minimum absolute atomic E-state index is 0.373. The van der Waals surface area contributed by atoms with Gasteiger partial charge in [-0.05, 0) is 42.4 Å². The van der Waals surface area contributed by atoms with Crippen LogP contribution in [-0.2, 0) is 12.8 Å². The summed E-state index contributed by atoms with van der Waals surface area (Å²) in [5.41, 5.74) is 9.20. The maximum absolute atomic E-state index is 6.39. The lowest BCUT2D eigenvalue weighted by Crippen LogP contribution is -2.24. The minimum Gasteiger partial charge on any atom is -0.493 e. The molecule has 3 rings (SSSR count). The van der Waals surface area contributed by atoms with E-state index < -0.39 is 0 Å². The van der Waals surface area contributed by atoms with Crippen molar-refractivity contribution < 1.29 is 4.74 Å². The predicted octanol–water partition coefficient (Wildman–Crippen LogP) is 4.24. The van der Waals surface area contributed by atoms with Crippen molar-refractivity contribution in [1.82, 2.24) is 0 Å². The van der Waals surface area contributed by atoms with Crippen LogP contribution in [0, 0.1) is 5.92 Å². The van der Waals surface area contributed by atoms with Gasteiger partial charge in [0.1, 0.15) is 5.75 Å². The predicted molar refractivity (Wildman–Crippen MR) is 87.7 cm³/mol. The Morgan fingerprint density at radius 3 is 2.76 bits per heavy atom. The van der Waals surface area contributed by atoms with Crippen LogP contribution in [0.2, 0.25) is 0 Å². The summed E-state index contributed by atoms with van der Waals surface area (Å²) in [6.45, 7) is 0.847. The molecule has 1 heterocycles. The quantitative estimate of drug-likeness (QED) is 0.822. The molecule has 1 aliphatic heterocycles. The molecule has 2 nitrogen and oxygen atoms in total. The van der Waals surface area contributed by atoms with E-state index in [2.05, 4.69) is 18.2 Å². The fourth-order valence-corrected chi connectivity index (χ4v) is 3.89. The highest BCUT2D eigenvalue weighted by atomic mass is 16.5. The van der Waals surface area contributed by atoms with E-state index in [9.17, 15) is 0 Å². The van der Waals surface area contributed by atoms with Gasteiger partial charge < -0.3 is 10.5 Å². The van der Waals surface area contributed by atoms with Gasteiger partial charge in [0.2, 0.25) is 0 Å². The van der Waals surface area contributed by atoms with E-state index in [0.29, 0.717) is 6.04 Å². The summed E-state index contributed by atoms with van der Waals surface area (Å²) >= 11 is 0. The average molecular weight is 287 g/mol. The van der Waals surface area contributed by atoms with Crippen molar-refractivity contribution in [2.75, 3.05) is 6.61 Å². The molecular formula is C19H29NO. The van der Waals surface area contributed by atoms with Crippen LogP contribution in [0.3, 0.4) is 0 Å². The second-order valence-electron chi connectivity index (χ2n) is 6.93.